The molecule has 0 saturated carbocycles. The van der Waals surface area contributed by atoms with Crippen molar-refractivity contribution in [2.45, 2.75) is 25.2 Å². The van der Waals surface area contributed by atoms with Crippen LogP contribution in [0, 0.1) is 17.0 Å². The number of carboxylic acids is 1. The predicted octanol–water partition coefficient (Wildman–Crippen LogP) is 1.39. The Morgan fingerprint density at radius 1 is 1.43 bits per heavy atom. The van der Waals surface area contributed by atoms with Crippen LogP contribution >= 0.6 is 0 Å². The standard InChI is InChI=1S/C12H16N2O6S/c1-3-13(7-6-12(15)16)21(19,20)11-8-10(14(17)18)5-4-9(11)2/h4-5,8H,3,6-7H2,1-2H3,(H,15,16). The van der Waals surface area contributed by atoms with Crippen LogP contribution in [0.25, 0.3) is 0 Å². The van der Waals surface area contributed by atoms with Gasteiger partial charge in [-0.1, -0.05) is 13.0 Å². The molecule has 0 unspecified atom stereocenters. The van der Waals surface area contributed by atoms with Gasteiger partial charge >= 0.3 is 5.97 Å². The number of sulfonamides is 1. The first-order valence-electron chi connectivity index (χ1n) is 6.17. The van der Waals surface area contributed by atoms with Crippen molar-refractivity contribution in [2.75, 3.05) is 13.1 Å². The van der Waals surface area contributed by atoms with Crippen molar-refractivity contribution in [1.82, 2.24) is 4.31 Å². The van der Waals surface area contributed by atoms with E-state index in [1.54, 1.807) is 6.92 Å². The molecule has 0 fully saturated rings. The van der Waals surface area contributed by atoms with Gasteiger partial charge in [0.1, 0.15) is 0 Å². The molecule has 1 aromatic carbocycles. The zero-order valence-corrected chi connectivity index (χ0v) is 12.5. The maximum absolute atomic E-state index is 12.5. The fraction of sp³-hybridized carbons (Fsp3) is 0.417. The predicted molar refractivity (Wildman–Crippen MR) is 74.5 cm³/mol. The van der Waals surface area contributed by atoms with Gasteiger partial charge in [-0.05, 0) is 12.5 Å². The second-order valence-corrected chi connectivity index (χ2v) is 6.25. The molecular formula is C12H16N2O6S. The van der Waals surface area contributed by atoms with Gasteiger partial charge in [0.25, 0.3) is 5.69 Å². The van der Waals surface area contributed by atoms with Crippen molar-refractivity contribution in [2.24, 2.45) is 0 Å². The number of aryl methyl sites for hydroxylation is 1. The smallest absolute Gasteiger partial charge is 0.304 e. The van der Waals surface area contributed by atoms with E-state index in [9.17, 15) is 23.3 Å². The van der Waals surface area contributed by atoms with E-state index in [1.165, 1.54) is 19.1 Å². The molecule has 9 heteroatoms. The number of rotatable bonds is 7. The van der Waals surface area contributed by atoms with Crippen molar-refractivity contribution >= 4 is 21.7 Å². The molecule has 0 aliphatic rings. The zero-order valence-electron chi connectivity index (χ0n) is 11.6. The first-order chi connectivity index (χ1) is 9.70. The molecule has 1 aromatic rings. The maximum atomic E-state index is 12.5. The third-order valence-electron chi connectivity index (χ3n) is 2.93. The Labute approximate surface area is 122 Å². The summed E-state index contributed by atoms with van der Waals surface area (Å²) in [4.78, 5) is 20.5. The quantitative estimate of drug-likeness (QED) is 0.600. The average Bonchev–Trinajstić information content (AvgIpc) is 2.38. The maximum Gasteiger partial charge on any atom is 0.304 e. The summed E-state index contributed by atoms with van der Waals surface area (Å²) in [6.07, 6.45) is -0.332. The van der Waals surface area contributed by atoms with Crippen LogP contribution in [0.4, 0.5) is 5.69 Å². The van der Waals surface area contributed by atoms with Crippen LogP contribution in [0.2, 0.25) is 0 Å². The molecule has 0 bridgehead atoms. The molecular weight excluding hydrogens is 300 g/mol. The van der Waals surface area contributed by atoms with Crippen LogP contribution in [0.1, 0.15) is 18.9 Å². The summed E-state index contributed by atoms with van der Waals surface area (Å²) >= 11 is 0. The fourth-order valence-corrected chi connectivity index (χ4v) is 3.48. The van der Waals surface area contributed by atoms with Gasteiger partial charge in [-0.15, -0.1) is 0 Å². The summed E-state index contributed by atoms with van der Waals surface area (Å²) < 4.78 is 26.0. The lowest BCUT2D eigenvalue weighted by molar-refractivity contribution is -0.385. The van der Waals surface area contributed by atoms with E-state index in [4.69, 9.17) is 5.11 Å². The van der Waals surface area contributed by atoms with E-state index in [1.807, 2.05) is 0 Å². The van der Waals surface area contributed by atoms with E-state index < -0.39 is 20.9 Å². The first kappa shape index (κ1) is 17.1. The number of non-ortho nitro benzene ring substituents is 1. The number of nitro benzene ring substituents is 1. The van der Waals surface area contributed by atoms with Crippen LogP contribution in [0.3, 0.4) is 0 Å². The number of carboxylic acid groups (broad SMARTS) is 1. The van der Waals surface area contributed by atoms with Gasteiger partial charge in [-0.25, -0.2) is 8.42 Å². The zero-order chi connectivity index (χ0) is 16.2. The Kier molecular flexibility index (Phi) is 5.39. The van der Waals surface area contributed by atoms with E-state index in [-0.39, 0.29) is 30.1 Å². The van der Waals surface area contributed by atoms with Crippen LogP contribution < -0.4 is 0 Å². The van der Waals surface area contributed by atoms with Crippen LogP contribution in [-0.2, 0) is 14.8 Å². The lowest BCUT2D eigenvalue weighted by Gasteiger charge is -2.20. The van der Waals surface area contributed by atoms with Gasteiger partial charge in [0.15, 0.2) is 0 Å². The minimum absolute atomic E-state index is 0.0811. The molecule has 8 nitrogen and oxygen atoms in total. The molecule has 0 saturated heterocycles. The minimum Gasteiger partial charge on any atom is -0.481 e. The summed E-state index contributed by atoms with van der Waals surface area (Å²) in [5, 5.41) is 19.4. The summed E-state index contributed by atoms with van der Waals surface area (Å²) in [6.45, 7) is 3.00. The van der Waals surface area contributed by atoms with E-state index >= 15 is 0 Å². The molecule has 0 amide bonds. The topological polar surface area (TPSA) is 118 Å². The van der Waals surface area contributed by atoms with Crippen molar-refractivity contribution in [1.29, 1.82) is 0 Å². The van der Waals surface area contributed by atoms with Crippen LogP contribution in [0.5, 0.6) is 0 Å². The highest BCUT2D eigenvalue weighted by Gasteiger charge is 2.27. The highest BCUT2D eigenvalue weighted by Crippen LogP contribution is 2.24. The Hall–Kier alpha value is -2.00. The van der Waals surface area contributed by atoms with Crippen molar-refractivity contribution in [3.63, 3.8) is 0 Å². The monoisotopic (exact) mass is 316 g/mol. The average molecular weight is 316 g/mol. The normalized spacial score (nSPS) is 11.6. The molecule has 0 aliphatic heterocycles. The second kappa shape index (κ2) is 6.64. The third kappa shape index (κ3) is 3.99. The molecule has 0 heterocycles. The van der Waals surface area contributed by atoms with E-state index in [0.29, 0.717) is 5.56 Å². The Morgan fingerprint density at radius 2 is 2.05 bits per heavy atom. The molecule has 116 valence electrons. The number of carbonyl (C=O) groups is 1. The molecule has 0 radical (unpaired) electrons. The lowest BCUT2D eigenvalue weighted by atomic mass is 10.2. The third-order valence-corrected chi connectivity index (χ3v) is 5.04. The number of hydrogen-bond acceptors (Lipinski definition) is 5. The Balaban J connectivity index is 3.24. The molecule has 1 N–H and O–H groups in total. The summed E-state index contributed by atoms with van der Waals surface area (Å²) in [7, 11) is -3.97. The number of hydrogen-bond donors (Lipinski definition) is 1. The van der Waals surface area contributed by atoms with Gasteiger partial charge in [0, 0.05) is 25.2 Å². The van der Waals surface area contributed by atoms with Crippen molar-refractivity contribution in [3.05, 3.63) is 33.9 Å². The van der Waals surface area contributed by atoms with Crippen molar-refractivity contribution < 1.29 is 23.2 Å². The highest BCUT2D eigenvalue weighted by molar-refractivity contribution is 7.89. The summed E-state index contributed by atoms with van der Waals surface area (Å²) in [6, 6.07) is 3.58. The van der Waals surface area contributed by atoms with Crippen LogP contribution in [-0.4, -0.2) is 41.8 Å². The molecule has 21 heavy (non-hydrogen) atoms. The molecule has 0 spiro atoms. The van der Waals surface area contributed by atoms with Crippen molar-refractivity contribution in [3.8, 4) is 0 Å². The minimum atomic E-state index is -3.97. The first-order valence-corrected chi connectivity index (χ1v) is 7.61. The number of nitrogens with zero attached hydrogens (tertiary/aromatic N) is 2. The number of aliphatic carboxylic acids is 1. The van der Waals surface area contributed by atoms with Gasteiger partial charge in [-0.3, -0.25) is 14.9 Å². The Bertz CT molecular complexity index is 656. The second-order valence-electron chi connectivity index (χ2n) is 4.35. The van der Waals surface area contributed by atoms with E-state index in [2.05, 4.69) is 0 Å². The highest BCUT2D eigenvalue weighted by atomic mass is 32.2. The number of nitro groups is 1. The summed E-state index contributed by atoms with van der Waals surface area (Å²) in [5.74, 6) is -1.11. The largest absolute Gasteiger partial charge is 0.481 e. The molecule has 0 aliphatic carbocycles. The van der Waals surface area contributed by atoms with Gasteiger partial charge < -0.3 is 5.11 Å². The van der Waals surface area contributed by atoms with Crippen LogP contribution in [0.15, 0.2) is 23.1 Å². The Morgan fingerprint density at radius 3 is 2.52 bits per heavy atom. The molecule has 1 rings (SSSR count). The molecule has 0 aromatic heterocycles. The summed E-state index contributed by atoms with van der Waals surface area (Å²) in [5.41, 5.74) is 0.0443. The molecule has 0 atom stereocenters. The van der Waals surface area contributed by atoms with E-state index in [0.717, 1.165) is 10.4 Å². The lowest BCUT2D eigenvalue weighted by Crippen LogP contribution is -2.33. The van der Waals surface area contributed by atoms with Gasteiger partial charge in [-0.2, -0.15) is 4.31 Å². The van der Waals surface area contributed by atoms with Gasteiger partial charge in [0.2, 0.25) is 10.0 Å². The SMILES string of the molecule is CCN(CCC(=O)O)S(=O)(=O)c1cc([N+](=O)[O-])ccc1C. The number of benzene rings is 1. The fourth-order valence-electron chi connectivity index (χ4n) is 1.79. The van der Waals surface area contributed by atoms with Gasteiger partial charge in [0.05, 0.1) is 16.2 Å².